The predicted molar refractivity (Wildman–Crippen MR) is 115 cm³/mol. The molecule has 4 rings (SSSR count). The molecule has 4 aliphatic rings. The Morgan fingerprint density at radius 2 is 1.86 bits per heavy atom. The van der Waals surface area contributed by atoms with E-state index in [1.54, 1.807) is 11.8 Å². The minimum atomic E-state index is -0.609. The summed E-state index contributed by atoms with van der Waals surface area (Å²) in [6, 6.07) is -0.609. The van der Waals surface area contributed by atoms with Gasteiger partial charge in [0.05, 0.1) is 11.8 Å². The van der Waals surface area contributed by atoms with Crippen molar-refractivity contribution in [2.24, 2.45) is 17.3 Å². The second kappa shape index (κ2) is 8.83. The van der Waals surface area contributed by atoms with Crippen molar-refractivity contribution in [2.75, 3.05) is 25.1 Å². The zero-order chi connectivity index (χ0) is 20.4. The second-order valence-corrected chi connectivity index (χ2v) is 10.4. The van der Waals surface area contributed by atoms with Gasteiger partial charge in [-0.05, 0) is 68.8 Å². The number of nitrogens with zero attached hydrogens (tertiary/aromatic N) is 2. The van der Waals surface area contributed by atoms with Gasteiger partial charge in [-0.3, -0.25) is 19.3 Å². The molecule has 6 heteroatoms. The average molecular weight is 419 g/mol. The third-order valence-corrected chi connectivity index (χ3v) is 8.24. The maximum Gasteiger partial charge on any atom is 0.245 e. The summed E-state index contributed by atoms with van der Waals surface area (Å²) in [6.45, 7) is 1.53. The molecule has 0 bridgehead atoms. The number of likely N-dealkylation sites (tertiary alicyclic amines) is 2. The zero-order valence-corrected chi connectivity index (χ0v) is 18.4. The van der Waals surface area contributed by atoms with Crippen LogP contribution in [0.25, 0.3) is 0 Å². The first-order valence-electron chi connectivity index (χ1n) is 11.4. The van der Waals surface area contributed by atoms with Crippen LogP contribution in [0.4, 0.5) is 0 Å². The van der Waals surface area contributed by atoms with E-state index in [0.717, 1.165) is 70.2 Å². The molecule has 29 heavy (non-hydrogen) atoms. The molecule has 0 aromatic heterocycles. The smallest absolute Gasteiger partial charge is 0.245 e. The van der Waals surface area contributed by atoms with Gasteiger partial charge in [0, 0.05) is 13.1 Å². The number of hydrogen-bond donors (Lipinski definition) is 0. The normalized spacial score (nSPS) is 33.3. The highest BCUT2D eigenvalue weighted by Crippen LogP contribution is 2.42. The Kier molecular flexibility index (Phi) is 6.38. The summed E-state index contributed by atoms with van der Waals surface area (Å²) in [6.07, 6.45) is 16.2. The number of piperidine rings is 1. The summed E-state index contributed by atoms with van der Waals surface area (Å²) in [7, 11) is 0. The second-order valence-electron chi connectivity index (χ2n) is 9.42. The van der Waals surface area contributed by atoms with Crippen LogP contribution in [0.3, 0.4) is 0 Å². The molecule has 0 N–H and O–H groups in total. The van der Waals surface area contributed by atoms with Crippen molar-refractivity contribution in [2.45, 2.75) is 70.3 Å². The number of hydrogen-bond acceptors (Lipinski definition) is 4. The van der Waals surface area contributed by atoms with Crippen molar-refractivity contribution in [3.05, 3.63) is 12.2 Å². The molecule has 4 atom stereocenters. The summed E-state index contributed by atoms with van der Waals surface area (Å²) in [5, 5.41) is 0. The summed E-state index contributed by atoms with van der Waals surface area (Å²) in [4.78, 5) is 43.4. The molecular formula is C23H34N2O3S. The van der Waals surface area contributed by atoms with E-state index in [1.165, 1.54) is 11.3 Å². The number of carbonyl (C=O) groups is 3. The van der Waals surface area contributed by atoms with Crippen LogP contribution >= 0.6 is 11.8 Å². The third-order valence-electron chi connectivity index (χ3n) is 7.60. The zero-order valence-electron chi connectivity index (χ0n) is 17.6. The highest BCUT2D eigenvalue weighted by molar-refractivity contribution is 7.98. The molecular weight excluding hydrogens is 384 g/mol. The van der Waals surface area contributed by atoms with Crippen LogP contribution < -0.4 is 0 Å². The van der Waals surface area contributed by atoms with Crippen molar-refractivity contribution < 1.29 is 14.4 Å². The molecule has 160 valence electrons. The molecule has 0 radical (unpaired) electrons. The molecule has 4 unspecified atom stereocenters. The first kappa shape index (κ1) is 21.0. The Hall–Kier alpha value is -1.30. The molecule has 5 nitrogen and oxygen atoms in total. The first-order valence-corrected chi connectivity index (χ1v) is 12.8. The number of fused-ring (bicyclic) bond motifs is 1. The highest BCUT2D eigenvalue weighted by atomic mass is 32.2. The van der Waals surface area contributed by atoms with Crippen molar-refractivity contribution in [1.82, 2.24) is 9.80 Å². The fourth-order valence-corrected chi connectivity index (χ4v) is 6.47. The van der Waals surface area contributed by atoms with Crippen LogP contribution in [0.1, 0.15) is 64.2 Å². The van der Waals surface area contributed by atoms with E-state index in [4.69, 9.17) is 0 Å². The van der Waals surface area contributed by atoms with E-state index in [0.29, 0.717) is 6.42 Å². The van der Waals surface area contributed by atoms with Gasteiger partial charge in [0.2, 0.25) is 17.7 Å². The Balaban J connectivity index is 1.54. The summed E-state index contributed by atoms with van der Waals surface area (Å²) in [5.41, 5.74) is 0.194. The van der Waals surface area contributed by atoms with Crippen LogP contribution in [-0.4, -0.2) is 58.7 Å². The van der Waals surface area contributed by atoms with Crippen molar-refractivity contribution >= 4 is 29.5 Å². The van der Waals surface area contributed by atoms with Gasteiger partial charge in [0.25, 0.3) is 0 Å². The number of amides is 3. The van der Waals surface area contributed by atoms with E-state index in [-0.39, 0.29) is 35.0 Å². The minimum Gasteiger partial charge on any atom is -0.340 e. The lowest BCUT2D eigenvalue weighted by Gasteiger charge is -2.45. The van der Waals surface area contributed by atoms with Gasteiger partial charge in [0.1, 0.15) is 6.04 Å². The Morgan fingerprint density at radius 1 is 1.14 bits per heavy atom. The van der Waals surface area contributed by atoms with Gasteiger partial charge in [-0.15, -0.1) is 0 Å². The molecule has 2 heterocycles. The molecule has 2 aliphatic carbocycles. The number of carbonyl (C=O) groups excluding carboxylic acids is 3. The maximum absolute atomic E-state index is 13.7. The van der Waals surface area contributed by atoms with Crippen molar-refractivity contribution in [1.29, 1.82) is 0 Å². The SMILES string of the molecule is CSCCC(C(=O)N1CCCC2(CC=CCC2)C1)N1C(=O)C2CCCCC2C1=O. The summed E-state index contributed by atoms with van der Waals surface area (Å²) >= 11 is 1.67. The maximum atomic E-state index is 13.7. The third kappa shape index (κ3) is 4.01. The lowest BCUT2D eigenvalue weighted by atomic mass is 9.71. The fraction of sp³-hybridized carbons (Fsp3) is 0.783. The highest BCUT2D eigenvalue weighted by Gasteiger charge is 2.52. The number of allylic oxidation sites excluding steroid dienone is 2. The van der Waals surface area contributed by atoms with Crippen LogP contribution in [0.2, 0.25) is 0 Å². The van der Waals surface area contributed by atoms with Crippen molar-refractivity contribution in [3.8, 4) is 0 Å². The van der Waals surface area contributed by atoms with Gasteiger partial charge in [0.15, 0.2) is 0 Å². The van der Waals surface area contributed by atoms with Crippen LogP contribution in [0, 0.1) is 17.3 Å². The number of imide groups is 1. The van der Waals surface area contributed by atoms with Crippen LogP contribution in [-0.2, 0) is 14.4 Å². The molecule has 0 aromatic carbocycles. The first-order chi connectivity index (χ1) is 14.1. The van der Waals surface area contributed by atoms with E-state index >= 15 is 0 Å². The van der Waals surface area contributed by atoms with Gasteiger partial charge < -0.3 is 4.90 Å². The molecule has 2 saturated heterocycles. The molecule has 1 saturated carbocycles. The Morgan fingerprint density at radius 3 is 2.48 bits per heavy atom. The summed E-state index contributed by atoms with van der Waals surface area (Å²) < 4.78 is 0. The molecule has 3 amide bonds. The number of rotatable bonds is 5. The monoisotopic (exact) mass is 418 g/mol. The fourth-order valence-electron chi connectivity index (χ4n) is 6.01. The topological polar surface area (TPSA) is 57.7 Å². The van der Waals surface area contributed by atoms with Gasteiger partial charge in [-0.1, -0.05) is 25.0 Å². The van der Waals surface area contributed by atoms with Gasteiger partial charge in [-0.2, -0.15) is 11.8 Å². The standard InChI is InChI=1S/C23H34N2O3S/c1-29-15-10-19(25-20(26)17-8-3-4-9-18(17)21(25)27)22(28)24-14-7-13-23(16-24)11-5-2-6-12-23/h2,5,17-19H,3-4,6-16H2,1H3. The van der Waals surface area contributed by atoms with E-state index in [2.05, 4.69) is 12.2 Å². The van der Waals surface area contributed by atoms with Crippen LogP contribution in [0.5, 0.6) is 0 Å². The van der Waals surface area contributed by atoms with Crippen molar-refractivity contribution in [3.63, 3.8) is 0 Å². The lowest BCUT2D eigenvalue weighted by Crippen LogP contribution is -2.55. The molecule has 0 aromatic rings. The predicted octanol–water partition coefficient (Wildman–Crippen LogP) is 3.63. The lowest BCUT2D eigenvalue weighted by molar-refractivity contribution is -0.153. The molecule has 2 aliphatic heterocycles. The quantitative estimate of drug-likeness (QED) is 0.505. The Bertz CT molecular complexity index is 670. The van der Waals surface area contributed by atoms with Crippen LogP contribution in [0.15, 0.2) is 12.2 Å². The average Bonchev–Trinajstić information content (AvgIpc) is 3.00. The summed E-state index contributed by atoms with van der Waals surface area (Å²) in [5.74, 6) is 0.268. The minimum absolute atomic E-state index is 0.00743. The van der Waals surface area contributed by atoms with Gasteiger partial charge in [-0.25, -0.2) is 0 Å². The van der Waals surface area contributed by atoms with E-state index < -0.39 is 6.04 Å². The van der Waals surface area contributed by atoms with E-state index in [1.807, 2.05) is 11.2 Å². The Labute approximate surface area is 178 Å². The molecule has 3 fully saturated rings. The number of thioether (sulfide) groups is 1. The molecule has 1 spiro atoms. The largest absolute Gasteiger partial charge is 0.340 e. The van der Waals surface area contributed by atoms with Gasteiger partial charge >= 0.3 is 0 Å². The van der Waals surface area contributed by atoms with E-state index in [9.17, 15) is 14.4 Å².